The molecule has 0 radical (unpaired) electrons. The Kier molecular flexibility index (Phi) is 5.48. The number of nitrogens with one attached hydrogen (secondary N) is 1. The summed E-state index contributed by atoms with van der Waals surface area (Å²) in [6.45, 7) is 2.12. The number of carbonyl (C=O) groups excluding carboxylic acids is 1. The van der Waals surface area contributed by atoms with Crippen LogP contribution in [0.3, 0.4) is 0 Å². The van der Waals surface area contributed by atoms with Crippen LogP contribution >= 0.6 is 0 Å². The summed E-state index contributed by atoms with van der Waals surface area (Å²) < 4.78 is 28.9. The number of fused-ring (bicyclic) bond motifs is 2. The van der Waals surface area contributed by atoms with Crippen molar-refractivity contribution in [3.63, 3.8) is 0 Å². The number of hydrogen-bond acceptors (Lipinski definition) is 3. The van der Waals surface area contributed by atoms with E-state index in [1.807, 2.05) is 85.8 Å². The molecule has 0 unspecified atom stereocenters. The molecule has 4 aromatic rings. The maximum atomic E-state index is 13.8. The van der Waals surface area contributed by atoms with Gasteiger partial charge < -0.3 is 5.32 Å². The van der Waals surface area contributed by atoms with Gasteiger partial charge in [0.2, 0.25) is 15.9 Å². The third-order valence-corrected chi connectivity index (χ3v) is 8.01. The maximum Gasteiger partial charge on any atom is 0.244 e. The van der Waals surface area contributed by atoms with Crippen LogP contribution in [-0.2, 0) is 27.8 Å². The van der Waals surface area contributed by atoms with Crippen molar-refractivity contribution in [3.8, 4) is 0 Å². The maximum absolute atomic E-state index is 13.8. The third kappa shape index (κ3) is 4.15. The van der Waals surface area contributed by atoms with Gasteiger partial charge in [-0.1, -0.05) is 72.3 Å². The molecule has 1 atom stereocenters. The van der Waals surface area contributed by atoms with Crippen molar-refractivity contribution < 1.29 is 13.2 Å². The summed E-state index contributed by atoms with van der Waals surface area (Å²) >= 11 is 0. The van der Waals surface area contributed by atoms with Gasteiger partial charge in [-0.15, -0.1) is 0 Å². The van der Waals surface area contributed by atoms with Crippen LogP contribution in [0, 0.1) is 6.92 Å². The normalized spacial score (nSPS) is 16.3. The van der Waals surface area contributed by atoms with Gasteiger partial charge in [-0.3, -0.25) is 4.79 Å². The largest absolute Gasteiger partial charge is 0.325 e. The zero-order valence-electron chi connectivity index (χ0n) is 18.2. The van der Waals surface area contributed by atoms with Gasteiger partial charge in [0.25, 0.3) is 0 Å². The Hall–Kier alpha value is -3.48. The Labute approximate surface area is 193 Å². The second-order valence-corrected chi connectivity index (χ2v) is 10.3. The van der Waals surface area contributed by atoms with Crippen LogP contribution in [0.25, 0.3) is 10.8 Å². The zero-order chi connectivity index (χ0) is 23.0. The number of aryl methyl sites for hydroxylation is 1. The van der Waals surface area contributed by atoms with Crippen LogP contribution in [-0.4, -0.2) is 24.7 Å². The lowest BCUT2D eigenvalue weighted by molar-refractivity contribution is -0.120. The fourth-order valence-electron chi connectivity index (χ4n) is 4.30. The van der Waals surface area contributed by atoms with E-state index in [0.717, 1.165) is 27.5 Å². The summed E-state index contributed by atoms with van der Waals surface area (Å²) in [7, 11) is -3.92. The van der Waals surface area contributed by atoms with Gasteiger partial charge in [-0.2, -0.15) is 4.31 Å². The van der Waals surface area contributed by atoms with Gasteiger partial charge in [0.15, 0.2) is 0 Å². The first kappa shape index (κ1) is 21.4. The van der Waals surface area contributed by atoms with E-state index in [4.69, 9.17) is 0 Å². The highest BCUT2D eigenvalue weighted by Gasteiger charge is 2.39. The highest BCUT2D eigenvalue weighted by Crippen LogP contribution is 2.31. The molecule has 0 fully saturated rings. The molecule has 1 aliphatic heterocycles. The highest BCUT2D eigenvalue weighted by atomic mass is 32.2. The third-order valence-electron chi connectivity index (χ3n) is 6.15. The molecule has 0 aromatic heterocycles. The molecule has 0 spiro atoms. The lowest BCUT2D eigenvalue weighted by Crippen LogP contribution is -2.50. The van der Waals surface area contributed by atoms with Crippen molar-refractivity contribution in [2.75, 3.05) is 5.32 Å². The molecule has 33 heavy (non-hydrogen) atoms. The van der Waals surface area contributed by atoms with Crippen molar-refractivity contribution in [2.45, 2.75) is 30.8 Å². The van der Waals surface area contributed by atoms with E-state index in [0.29, 0.717) is 12.1 Å². The lowest BCUT2D eigenvalue weighted by Gasteiger charge is -2.35. The van der Waals surface area contributed by atoms with Crippen molar-refractivity contribution in [3.05, 3.63) is 108 Å². The van der Waals surface area contributed by atoms with Crippen molar-refractivity contribution >= 4 is 32.4 Å². The van der Waals surface area contributed by atoms with Crippen LogP contribution in [0.4, 0.5) is 5.69 Å². The van der Waals surface area contributed by atoms with Gasteiger partial charge in [-0.05, 0) is 59.5 Å². The average molecular weight is 457 g/mol. The average Bonchev–Trinajstić information content (AvgIpc) is 2.84. The molecular weight excluding hydrogens is 432 g/mol. The van der Waals surface area contributed by atoms with E-state index < -0.39 is 16.1 Å². The number of nitrogens with zero attached hydrogens (tertiary/aromatic N) is 1. The minimum atomic E-state index is -3.92. The van der Waals surface area contributed by atoms with E-state index in [1.165, 1.54) is 4.31 Å². The summed E-state index contributed by atoms with van der Waals surface area (Å²) in [5, 5.41) is 4.72. The van der Waals surface area contributed by atoms with E-state index in [9.17, 15) is 13.2 Å². The van der Waals surface area contributed by atoms with Crippen LogP contribution in [0.5, 0.6) is 0 Å². The summed E-state index contributed by atoms with van der Waals surface area (Å²) in [4.78, 5) is 13.5. The molecule has 166 valence electrons. The van der Waals surface area contributed by atoms with Crippen LogP contribution in [0.1, 0.15) is 16.7 Å². The zero-order valence-corrected chi connectivity index (χ0v) is 19.0. The van der Waals surface area contributed by atoms with Crippen LogP contribution in [0.2, 0.25) is 0 Å². The number of anilines is 1. The molecule has 1 N–H and O–H groups in total. The molecule has 0 aliphatic carbocycles. The molecule has 1 heterocycles. The van der Waals surface area contributed by atoms with Crippen molar-refractivity contribution in [2.24, 2.45) is 0 Å². The topological polar surface area (TPSA) is 66.5 Å². The minimum Gasteiger partial charge on any atom is -0.325 e. The SMILES string of the molecule is Cc1ccc(NC(=O)[C@H]2Cc3ccccc3CN2S(=O)(=O)c2ccc3ccccc3c2)cc1. The molecule has 1 aliphatic rings. The predicted octanol–water partition coefficient (Wildman–Crippen LogP) is 4.90. The number of hydrogen-bond donors (Lipinski definition) is 1. The molecule has 4 aromatic carbocycles. The van der Waals surface area contributed by atoms with Gasteiger partial charge in [0.1, 0.15) is 6.04 Å². The molecule has 0 bridgehead atoms. The van der Waals surface area contributed by atoms with Gasteiger partial charge in [-0.25, -0.2) is 8.42 Å². The first-order chi connectivity index (χ1) is 15.9. The number of rotatable bonds is 4. The predicted molar refractivity (Wildman–Crippen MR) is 130 cm³/mol. The Balaban J connectivity index is 1.54. The van der Waals surface area contributed by atoms with E-state index in [-0.39, 0.29) is 17.3 Å². The molecule has 5 rings (SSSR count). The summed E-state index contributed by atoms with van der Waals surface area (Å²) in [6.07, 6.45) is 0.320. The standard InChI is InChI=1S/C27H24N2O3S/c1-19-10-13-24(14-11-19)28-27(30)26-17-22-8-4-5-9-23(22)18-29(26)33(31,32)25-15-12-20-6-2-3-7-21(20)16-25/h2-16,26H,17-18H2,1H3,(H,28,30)/t26-/m1/s1. The first-order valence-corrected chi connectivity index (χ1v) is 12.3. The molecule has 6 heteroatoms. The lowest BCUT2D eigenvalue weighted by atomic mass is 9.95. The first-order valence-electron chi connectivity index (χ1n) is 10.9. The van der Waals surface area contributed by atoms with Crippen LogP contribution in [0.15, 0.2) is 95.9 Å². The Morgan fingerprint density at radius 3 is 2.27 bits per heavy atom. The van der Waals surface area contributed by atoms with Gasteiger partial charge >= 0.3 is 0 Å². The fourth-order valence-corrected chi connectivity index (χ4v) is 5.90. The summed E-state index contributed by atoms with van der Waals surface area (Å²) in [5.74, 6) is -0.335. The monoisotopic (exact) mass is 456 g/mol. The molecule has 0 saturated carbocycles. The summed E-state index contributed by atoms with van der Waals surface area (Å²) in [5.41, 5.74) is 3.64. The summed E-state index contributed by atoms with van der Waals surface area (Å²) in [6, 6.07) is 27.1. The smallest absolute Gasteiger partial charge is 0.244 e. The van der Waals surface area contributed by atoms with Gasteiger partial charge in [0, 0.05) is 12.2 Å². The van der Waals surface area contributed by atoms with E-state index in [1.54, 1.807) is 12.1 Å². The number of benzene rings is 4. The number of sulfonamides is 1. The second kappa shape index (κ2) is 8.46. The quantitative estimate of drug-likeness (QED) is 0.475. The number of amides is 1. The van der Waals surface area contributed by atoms with E-state index in [2.05, 4.69) is 5.32 Å². The Morgan fingerprint density at radius 1 is 0.848 bits per heavy atom. The van der Waals surface area contributed by atoms with Crippen LogP contribution < -0.4 is 5.32 Å². The Morgan fingerprint density at radius 2 is 1.52 bits per heavy atom. The second-order valence-electron chi connectivity index (χ2n) is 8.40. The molecule has 5 nitrogen and oxygen atoms in total. The molecular formula is C27H24N2O3S. The highest BCUT2D eigenvalue weighted by molar-refractivity contribution is 7.89. The minimum absolute atomic E-state index is 0.150. The van der Waals surface area contributed by atoms with E-state index >= 15 is 0 Å². The van der Waals surface area contributed by atoms with Gasteiger partial charge in [0.05, 0.1) is 4.90 Å². The molecule has 1 amide bonds. The van der Waals surface area contributed by atoms with Crippen molar-refractivity contribution in [1.29, 1.82) is 0 Å². The molecule has 0 saturated heterocycles. The Bertz CT molecular complexity index is 1450. The van der Waals surface area contributed by atoms with Crippen molar-refractivity contribution in [1.82, 2.24) is 4.31 Å². The fraction of sp³-hybridized carbons (Fsp3) is 0.148. The number of carbonyl (C=O) groups is 1.